The Labute approximate surface area is 106 Å². The fraction of sp³-hybridized carbons (Fsp3) is 0.0769. The highest BCUT2D eigenvalue weighted by molar-refractivity contribution is 7.90. The number of hydrogen-bond acceptors (Lipinski definition) is 4. The number of sulfone groups is 1. The Bertz CT molecular complexity index is 665. The van der Waals surface area contributed by atoms with Gasteiger partial charge in [0.1, 0.15) is 16.4 Å². The summed E-state index contributed by atoms with van der Waals surface area (Å²) in [6.45, 7) is 0. The molecule has 4 nitrogen and oxygen atoms in total. The van der Waals surface area contributed by atoms with E-state index in [1.54, 1.807) is 42.5 Å². The van der Waals surface area contributed by atoms with E-state index in [1.165, 1.54) is 6.07 Å². The second-order valence-corrected chi connectivity index (χ2v) is 5.84. The molecule has 0 atom stereocenters. The largest absolute Gasteiger partial charge is 0.454 e. The molecule has 0 saturated carbocycles. The van der Waals surface area contributed by atoms with Crippen molar-refractivity contribution >= 4 is 15.5 Å². The van der Waals surface area contributed by atoms with Crippen LogP contribution in [-0.2, 0) is 9.84 Å². The predicted molar refractivity (Wildman–Crippen MR) is 70.5 cm³/mol. The smallest absolute Gasteiger partial charge is 0.179 e. The Kier molecular flexibility index (Phi) is 3.25. The molecular weight excluding hydrogens is 250 g/mol. The van der Waals surface area contributed by atoms with Gasteiger partial charge < -0.3 is 10.5 Å². The quantitative estimate of drug-likeness (QED) is 0.864. The van der Waals surface area contributed by atoms with Crippen molar-refractivity contribution in [2.24, 2.45) is 0 Å². The molecule has 0 fully saturated rings. The van der Waals surface area contributed by atoms with Gasteiger partial charge in [0.05, 0.1) is 5.69 Å². The first-order chi connectivity index (χ1) is 8.48. The van der Waals surface area contributed by atoms with Crippen molar-refractivity contribution in [2.45, 2.75) is 4.90 Å². The molecule has 0 aliphatic carbocycles. The van der Waals surface area contributed by atoms with E-state index in [1.807, 2.05) is 0 Å². The van der Waals surface area contributed by atoms with Crippen LogP contribution in [0.4, 0.5) is 5.69 Å². The van der Waals surface area contributed by atoms with E-state index in [9.17, 15) is 8.42 Å². The zero-order chi connectivity index (χ0) is 13.2. The van der Waals surface area contributed by atoms with Gasteiger partial charge in [0.25, 0.3) is 0 Å². The van der Waals surface area contributed by atoms with Gasteiger partial charge in [-0.05, 0) is 24.3 Å². The number of rotatable bonds is 3. The van der Waals surface area contributed by atoms with Crippen LogP contribution >= 0.6 is 0 Å². The number of ether oxygens (including phenoxy) is 1. The fourth-order valence-corrected chi connectivity index (χ4v) is 2.33. The molecule has 2 aromatic carbocycles. The molecule has 0 aromatic heterocycles. The summed E-state index contributed by atoms with van der Waals surface area (Å²) < 4.78 is 28.8. The second kappa shape index (κ2) is 4.70. The minimum atomic E-state index is -3.33. The number of benzene rings is 2. The highest BCUT2D eigenvalue weighted by atomic mass is 32.2. The van der Waals surface area contributed by atoms with Gasteiger partial charge in [-0.2, -0.15) is 0 Å². The summed E-state index contributed by atoms with van der Waals surface area (Å²) in [5.41, 5.74) is 6.21. The van der Waals surface area contributed by atoms with Crippen molar-refractivity contribution in [3.05, 3.63) is 48.5 Å². The maximum atomic E-state index is 11.6. The molecule has 0 aliphatic rings. The first kappa shape index (κ1) is 12.4. The predicted octanol–water partition coefficient (Wildman–Crippen LogP) is 2.46. The van der Waals surface area contributed by atoms with Gasteiger partial charge in [0.2, 0.25) is 0 Å². The molecule has 0 bridgehead atoms. The van der Waals surface area contributed by atoms with Crippen LogP contribution in [0.3, 0.4) is 0 Å². The lowest BCUT2D eigenvalue weighted by atomic mass is 10.3. The number of nitrogens with two attached hydrogens (primary N) is 1. The number of para-hydroxylation sites is 3. The Morgan fingerprint density at radius 3 is 2.11 bits per heavy atom. The highest BCUT2D eigenvalue weighted by Crippen LogP contribution is 2.31. The maximum absolute atomic E-state index is 11.6. The third-order valence-corrected chi connectivity index (χ3v) is 3.52. The van der Waals surface area contributed by atoms with E-state index >= 15 is 0 Å². The molecule has 94 valence electrons. The van der Waals surface area contributed by atoms with Crippen molar-refractivity contribution in [3.8, 4) is 11.5 Å². The minimum absolute atomic E-state index is 0.147. The van der Waals surface area contributed by atoms with E-state index in [0.29, 0.717) is 11.4 Å². The van der Waals surface area contributed by atoms with Crippen molar-refractivity contribution in [2.75, 3.05) is 12.0 Å². The normalized spacial score (nSPS) is 11.2. The van der Waals surface area contributed by atoms with Crippen molar-refractivity contribution in [1.29, 1.82) is 0 Å². The lowest BCUT2D eigenvalue weighted by molar-refractivity contribution is 0.470. The van der Waals surface area contributed by atoms with Gasteiger partial charge in [0, 0.05) is 6.26 Å². The molecule has 0 unspecified atom stereocenters. The summed E-state index contributed by atoms with van der Waals surface area (Å²) in [5, 5.41) is 0. The standard InChI is InChI=1S/C13H13NO3S/c1-18(15,16)13-9-5-4-8-12(13)17-11-7-3-2-6-10(11)14/h2-9H,14H2,1H3. The monoisotopic (exact) mass is 263 g/mol. The van der Waals surface area contributed by atoms with Crippen molar-refractivity contribution in [3.63, 3.8) is 0 Å². The maximum Gasteiger partial charge on any atom is 0.179 e. The average Bonchev–Trinajstić information content (AvgIpc) is 2.31. The Hall–Kier alpha value is -2.01. The van der Waals surface area contributed by atoms with Crippen LogP contribution in [-0.4, -0.2) is 14.7 Å². The van der Waals surface area contributed by atoms with Crippen molar-refractivity contribution in [1.82, 2.24) is 0 Å². The van der Waals surface area contributed by atoms with E-state index in [2.05, 4.69) is 0 Å². The number of nitrogen functional groups attached to an aromatic ring is 1. The van der Waals surface area contributed by atoms with Gasteiger partial charge in [-0.3, -0.25) is 0 Å². The van der Waals surface area contributed by atoms with Crippen molar-refractivity contribution < 1.29 is 13.2 Å². The van der Waals surface area contributed by atoms with Crippen LogP contribution in [0, 0.1) is 0 Å². The SMILES string of the molecule is CS(=O)(=O)c1ccccc1Oc1ccccc1N. The molecular formula is C13H13NO3S. The van der Waals surface area contributed by atoms with Gasteiger partial charge in [-0.15, -0.1) is 0 Å². The third-order valence-electron chi connectivity index (χ3n) is 2.39. The van der Waals surface area contributed by atoms with Gasteiger partial charge in [0.15, 0.2) is 9.84 Å². The summed E-state index contributed by atoms with van der Waals surface area (Å²) in [5.74, 6) is 0.714. The zero-order valence-corrected chi connectivity index (χ0v) is 10.6. The van der Waals surface area contributed by atoms with Crippen LogP contribution in [0.25, 0.3) is 0 Å². The van der Waals surface area contributed by atoms with E-state index in [-0.39, 0.29) is 10.6 Å². The van der Waals surface area contributed by atoms with Crippen LogP contribution in [0.15, 0.2) is 53.4 Å². The Morgan fingerprint density at radius 2 is 1.50 bits per heavy atom. The second-order valence-electron chi connectivity index (χ2n) is 3.86. The van der Waals surface area contributed by atoms with Gasteiger partial charge >= 0.3 is 0 Å². The van der Waals surface area contributed by atoms with Gasteiger partial charge in [-0.25, -0.2) is 8.42 Å². The summed E-state index contributed by atoms with van der Waals surface area (Å²) in [6.07, 6.45) is 1.14. The summed E-state index contributed by atoms with van der Waals surface area (Å²) in [6, 6.07) is 13.4. The Balaban J connectivity index is 2.45. The van der Waals surface area contributed by atoms with E-state index < -0.39 is 9.84 Å². The first-order valence-electron chi connectivity index (χ1n) is 5.30. The average molecular weight is 263 g/mol. The third kappa shape index (κ3) is 2.62. The van der Waals surface area contributed by atoms with Crippen LogP contribution in [0.2, 0.25) is 0 Å². The number of hydrogen-bond donors (Lipinski definition) is 1. The molecule has 0 heterocycles. The molecule has 0 spiro atoms. The molecule has 2 N–H and O–H groups in total. The summed E-state index contributed by atoms with van der Waals surface area (Å²) >= 11 is 0. The molecule has 0 aliphatic heterocycles. The molecule has 0 saturated heterocycles. The van der Waals surface area contributed by atoms with Crippen LogP contribution in [0.5, 0.6) is 11.5 Å². The Morgan fingerprint density at radius 1 is 0.944 bits per heavy atom. The molecule has 5 heteroatoms. The fourth-order valence-electron chi connectivity index (χ4n) is 1.53. The first-order valence-corrected chi connectivity index (χ1v) is 7.19. The van der Waals surface area contributed by atoms with Crippen LogP contribution < -0.4 is 10.5 Å². The van der Waals surface area contributed by atoms with E-state index in [4.69, 9.17) is 10.5 Å². The molecule has 18 heavy (non-hydrogen) atoms. The number of anilines is 1. The topological polar surface area (TPSA) is 69.4 Å². The highest BCUT2D eigenvalue weighted by Gasteiger charge is 2.14. The molecule has 0 amide bonds. The molecule has 0 radical (unpaired) electrons. The molecule has 2 aromatic rings. The van der Waals surface area contributed by atoms with Crippen LogP contribution in [0.1, 0.15) is 0 Å². The summed E-state index contributed by atoms with van der Waals surface area (Å²) in [4.78, 5) is 0.147. The lowest BCUT2D eigenvalue weighted by Crippen LogP contribution is -2.00. The van der Waals surface area contributed by atoms with E-state index in [0.717, 1.165) is 6.26 Å². The minimum Gasteiger partial charge on any atom is -0.454 e. The zero-order valence-electron chi connectivity index (χ0n) is 9.83. The lowest BCUT2D eigenvalue weighted by Gasteiger charge is -2.11. The summed E-state index contributed by atoms with van der Waals surface area (Å²) in [7, 11) is -3.33. The molecule has 2 rings (SSSR count). The van der Waals surface area contributed by atoms with Gasteiger partial charge in [-0.1, -0.05) is 24.3 Å².